The fraction of sp³-hybridized carbons (Fsp3) is 1.00. The summed E-state index contributed by atoms with van der Waals surface area (Å²) in [7, 11) is 1.74. The summed E-state index contributed by atoms with van der Waals surface area (Å²) in [6.07, 6.45) is 0.720. The van der Waals surface area contributed by atoms with Gasteiger partial charge in [0.15, 0.2) is 0 Å². The molecule has 1 saturated heterocycles. The summed E-state index contributed by atoms with van der Waals surface area (Å²) in [5, 5.41) is 0. The minimum Gasteiger partial charge on any atom is -0.380 e. The van der Waals surface area contributed by atoms with Gasteiger partial charge in [-0.25, -0.2) is 0 Å². The first-order valence-corrected chi connectivity index (χ1v) is 5.65. The molecular formula is C10H20ClNO2. The third-order valence-corrected chi connectivity index (χ3v) is 2.84. The van der Waals surface area contributed by atoms with Gasteiger partial charge in [0.1, 0.15) is 0 Å². The Kier molecular flexibility index (Phi) is 5.17. The molecule has 3 nitrogen and oxygen atoms in total. The average Bonchev–Trinajstić information content (AvgIpc) is 2.16. The van der Waals surface area contributed by atoms with Crippen molar-refractivity contribution in [3.05, 3.63) is 0 Å². The SMILES string of the molecule is COC(C)CN1CC(C)OC(CCl)C1. The Bertz CT molecular complexity index is 166. The first kappa shape index (κ1) is 12.2. The van der Waals surface area contributed by atoms with E-state index in [1.165, 1.54) is 0 Å². The average molecular weight is 222 g/mol. The molecule has 0 aromatic carbocycles. The Morgan fingerprint density at radius 1 is 1.57 bits per heavy atom. The Morgan fingerprint density at radius 3 is 2.86 bits per heavy atom. The van der Waals surface area contributed by atoms with E-state index in [9.17, 15) is 0 Å². The van der Waals surface area contributed by atoms with E-state index in [4.69, 9.17) is 21.1 Å². The van der Waals surface area contributed by atoms with E-state index in [1.807, 2.05) is 0 Å². The first-order chi connectivity index (χ1) is 6.65. The van der Waals surface area contributed by atoms with Crippen LogP contribution in [0, 0.1) is 0 Å². The van der Waals surface area contributed by atoms with Crippen LogP contribution < -0.4 is 0 Å². The molecule has 0 radical (unpaired) electrons. The Hall–Kier alpha value is 0.170. The van der Waals surface area contributed by atoms with Gasteiger partial charge < -0.3 is 9.47 Å². The van der Waals surface area contributed by atoms with E-state index in [0.29, 0.717) is 5.88 Å². The maximum Gasteiger partial charge on any atom is 0.0841 e. The van der Waals surface area contributed by atoms with Gasteiger partial charge in [0, 0.05) is 32.6 Å². The third kappa shape index (κ3) is 3.73. The smallest absolute Gasteiger partial charge is 0.0841 e. The van der Waals surface area contributed by atoms with Gasteiger partial charge in [-0.1, -0.05) is 0 Å². The molecule has 0 aliphatic carbocycles. The lowest BCUT2D eigenvalue weighted by Crippen LogP contribution is -2.49. The number of halogens is 1. The van der Waals surface area contributed by atoms with E-state index in [-0.39, 0.29) is 18.3 Å². The van der Waals surface area contributed by atoms with Crippen molar-refractivity contribution in [2.45, 2.75) is 32.2 Å². The normalized spacial score (nSPS) is 31.7. The lowest BCUT2D eigenvalue weighted by Gasteiger charge is -2.37. The van der Waals surface area contributed by atoms with E-state index < -0.39 is 0 Å². The fourth-order valence-electron chi connectivity index (χ4n) is 1.81. The molecule has 1 aliphatic rings. The lowest BCUT2D eigenvalue weighted by atomic mass is 10.2. The van der Waals surface area contributed by atoms with Gasteiger partial charge in [-0.3, -0.25) is 4.90 Å². The second-order valence-electron chi connectivity index (χ2n) is 3.99. The summed E-state index contributed by atoms with van der Waals surface area (Å²) in [6.45, 7) is 7.01. The molecule has 14 heavy (non-hydrogen) atoms. The van der Waals surface area contributed by atoms with Gasteiger partial charge in [-0.15, -0.1) is 11.6 Å². The largest absolute Gasteiger partial charge is 0.380 e. The molecule has 0 spiro atoms. The Balaban J connectivity index is 2.37. The van der Waals surface area contributed by atoms with E-state index >= 15 is 0 Å². The zero-order valence-corrected chi connectivity index (χ0v) is 9.96. The maximum absolute atomic E-state index is 5.80. The number of hydrogen-bond donors (Lipinski definition) is 0. The maximum atomic E-state index is 5.80. The minimum absolute atomic E-state index is 0.171. The second-order valence-corrected chi connectivity index (χ2v) is 4.30. The van der Waals surface area contributed by atoms with Crippen molar-refractivity contribution in [1.82, 2.24) is 4.90 Å². The molecule has 0 aromatic rings. The number of nitrogens with zero attached hydrogens (tertiary/aromatic N) is 1. The summed E-state index contributed by atoms with van der Waals surface area (Å²) in [6, 6.07) is 0. The van der Waals surface area contributed by atoms with Gasteiger partial charge in [0.25, 0.3) is 0 Å². The summed E-state index contributed by atoms with van der Waals surface area (Å²) in [5.41, 5.74) is 0. The number of alkyl halides is 1. The van der Waals surface area contributed by atoms with Crippen molar-refractivity contribution in [3.63, 3.8) is 0 Å². The molecule has 84 valence electrons. The second kappa shape index (κ2) is 5.91. The molecule has 1 fully saturated rings. The Labute approximate surface area is 91.3 Å². The van der Waals surface area contributed by atoms with Crippen molar-refractivity contribution in [3.8, 4) is 0 Å². The highest BCUT2D eigenvalue weighted by Gasteiger charge is 2.25. The number of morpholine rings is 1. The van der Waals surface area contributed by atoms with Crippen molar-refractivity contribution >= 4 is 11.6 Å². The van der Waals surface area contributed by atoms with Crippen LogP contribution in [0.15, 0.2) is 0 Å². The van der Waals surface area contributed by atoms with Crippen LogP contribution in [0.3, 0.4) is 0 Å². The lowest BCUT2D eigenvalue weighted by molar-refractivity contribution is -0.0763. The molecule has 0 aromatic heterocycles. The standard InChI is InChI=1S/C10H20ClNO2/c1-8(13-3)5-12-6-9(2)14-10(4-11)7-12/h8-10H,4-7H2,1-3H3. The van der Waals surface area contributed by atoms with Crippen LogP contribution in [0.2, 0.25) is 0 Å². The zero-order valence-electron chi connectivity index (χ0n) is 9.20. The summed E-state index contributed by atoms with van der Waals surface area (Å²) < 4.78 is 10.9. The molecule has 4 heteroatoms. The monoisotopic (exact) mass is 221 g/mol. The highest BCUT2D eigenvalue weighted by molar-refractivity contribution is 6.18. The number of hydrogen-bond acceptors (Lipinski definition) is 3. The summed E-state index contributed by atoms with van der Waals surface area (Å²) in [5.74, 6) is 0.572. The van der Waals surface area contributed by atoms with Crippen LogP contribution in [-0.2, 0) is 9.47 Å². The number of ether oxygens (including phenoxy) is 2. The highest BCUT2D eigenvalue weighted by atomic mass is 35.5. The number of methoxy groups -OCH3 is 1. The first-order valence-electron chi connectivity index (χ1n) is 5.12. The molecule has 1 heterocycles. The van der Waals surface area contributed by atoms with Gasteiger partial charge in [-0.2, -0.15) is 0 Å². The van der Waals surface area contributed by atoms with Crippen LogP contribution in [0.4, 0.5) is 0 Å². The van der Waals surface area contributed by atoms with Crippen molar-refractivity contribution in [2.75, 3.05) is 32.6 Å². The van der Waals surface area contributed by atoms with Crippen molar-refractivity contribution in [1.29, 1.82) is 0 Å². The minimum atomic E-state index is 0.171. The van der Waals surface area contributed by atoms with Crippen LogP contribution in [0.25, 0.3) is 0 Å². The third-order valence-electron chi connectivity index (χ3n) is 2.49. The Morgan fingerprint density at radius 2 is 2.29 bits per heavy atom. The molecule has 1 rings (SSSR count). The molecular weight excluding hydrogens is 202 g/mol. The van der Waals surface area contributed by atoms with Gasteiger partial charge in [0.2, 0.25) is 0 Å². The van der Waals surface area contributed by atoms with Crippen LogP contribution >= 0.6 is 11.6 Å². The predicted molar refractivity (Wildman–Crippen MR) is 58.0 cm³/mol. The molecule has 0 bridgehead atoms. The van der Waals surface area contributed by atoms with Crippen LogP contribution in [0.1, 0.15) is 13.8 Å². The van der Waals surface area contributed by atoms with E-state index in [2.05, 4.69) is 18.7 Å². The fourth-order valence-corrected chi connectivity index (χ4v) is 1.98. The summed E-state index contributed by atoms with van der Waals surface area (Å²) in [4.78, 5) is 2.36. The highest BCUT2D eigenvalue weighted by Crippen LogP contribution is 2.12. The van der Waals surface area contributed by atoms with E-state index in [0.717, 1.165) is 19.6 Å². The summed E-state index contributed by atoms with van der Waals surface area (Å²) >= 11 is 5.80. The predicted octanol–water partition coefficient (Wildman–Crippen LogP) is 1.35. The van der Waals surface area contributed by atoms with Gasteiger partial charge in [0.05, 0.1) is 18.3 Å². The molecule has 0 amide bonds. The molecule has 0 saturated carbocycles. The quantitative estimate of drug-likeness (QED) is 0.669. The van der Waals surface area contributed by atoms with Crippen molar-refractivity contribution in [2.24, 2.45) is 0 Å². The zero-order chi connectivity index (χ0) is 10.6. The van der Waals surface area contributed by atoms with Crippen molar-refractivity contribution < 1.29 is 9.47 Å². The molecule has 3 unspecified atom stereocenters. The van der Waals surface area contributed by atoms with Gasteiger partial charge >= 0.3 is 0 Å². The molecule has 1 aliphatic heterocycles. The topological polar surface area (TPSA) is 21.7 Å². The van der Waals surface area contributed by atoms with Crippen LogP contribution in [-0.4, -0.2) is 55.8 Å². The number of rotatable bonds is 4. The molecule has 3 atom stereocenters. The van der Waals surface area contributed by atoms with Gasteiger partial charge in [-0.05, 0) is 13.8 Å². The molecule has 0 N–H and O–H groups in total. The van der Waals surface area contributed by atoms with Crippen LogP contribution in [0.5, 0.6) is 0 Å². The van der Waals surface area contributed by atoms with E-state index in [1.54, 1.807) is 7.11 Å².